The summed E-state index contributed by atoms with van der Waals surface area (Å²) in [6.45, 7) is 0. The average molecular weight is 407 g/mol. The van der Waals surface area contributed by atoms with Gasteiger partial charge < -0.3 is 9.88 Å². The highest BCUT2D eigenvalue weighted by molar-refractivity contribution is 7.98. The van der Waals surface area contributed by atoms with Crippen molar-refractivity contribution >= 4 is 28.7 Å². The highest BCUT2D eigenvalue weighted by Gasteiger charge is 2.22. The Labute approximate surface area is 173 Å². The summed E-state index contributed by atoms with van der Waals surface area (Å²) in [7, 11) is 1.99. The monoisotopic (exact) mass is 406 g/mol. The lowest BCUT2D eigenvalue weighted by Crippen LogP contribution is -2.31. The molecule has 0 aliphatic heterocycles. The highest BCUT2D eigenvalue weighted by atomic mass is 32.2. The quantitative estimate of drug-likeness (QED) is 0.490. The predicted molar refractivity (Wildman–Crippen MR) is 116 cm³/mol. The number of thioether (sulfide) groups is 1. The number of nitrogens with one attached hydrogen (secondary N) is 2. The number of hydrogen-bond donors (Lipinski definition) is 2. The molecule has 0 saturated carbocycles. The van der Waals surface area contributed by atoms with Crippen LogP contribution in [0.3, 0.4) is 0 Å². The van der Waals surface area contributed by atoms with Crippen LogP contribution in [0.25, 0.3) is 22.3 Å². The predicted octanol–water partition coefficient (Wildman–Crippen LogP) is 3.58. The van der Waals surface area contributed by atoms with Crippen molar-refractivity contribution in [3.63, 3.8) is 0 Å². The van der Waals surface area contributed by atoms with E-state index in [9.17, 15) is 4.79 Å². The number of amides is 1. The number of hydrogen-bond acceptors (Lipinski definition) is 5. The number of rotatable bonds is 7. The number of aromatic nitrogens is 5. The molecular formula is C21H22N6OS. The fraction of sp³-hybridized carbons (Fsp3) is 0.238. The zero-order valence-electron chi connectivity index (χ0n) is 16.3. The highest BCUT2D eigenvalue weighted by Crippen LogP contribution is 2.23. The molecule has 0 spiro atoms. The summed E-state index contributed by atoms with van der Waals surface area (Å²) in [5, 5.41) is 10.2. The minimum Gasteiger partial charge on any atom is -0.341 e. The Morgan fingerprint density at radius 3 is 2.79 bits per heavy atom. The van der Waals surface area contributed by atoms with Gasteiger partial charge in [0.1, 0.15) is 11.5 Å². The van der Waals surface area contributed by atoms with Crippen molar-refractivity contribution in [2.75, 3.05) is 12.0 Å². The molecule has 29 heavy (non-hydrogen) atoms. The Morgan fingerprint density at radius 1 is 1.24 bits per heavy atom. The fourth-order valence-corrected chi connectivity index (χ4v) is 3.79. The summed E-state index contributed by atoms with van der Waals surface area (Å²) in [5.41, 5.74) is 4.01. The number of nitrogens with zero attached hydrogens (tertiary/aromatic N) is 4. The van der Waals surface area contributed by atoms with Crippen molar-refractivity contribution in [1.29, 1.82) is 0 Å². The van der Waals surface area contributed by atoms with E-state index in [0.29, 0.717) is 11.4 Å². The Balaban J connectivity index is 1.59. The van der Waals surface area contributed by atoms with Gasteiger partial charge in [-0.2, -0.15) is 16.9 Å². The van der Waals surface area contributed by atoms with Crippen molar-refractivity contribution in [2.24, 2.45) is 7.05 Å². The number of aryl methyl sites for hydroxylation is 1. The molecule has 7 nitrogen and oxygen atoms in total. The van der Waals surface area contributed by atoms with Crippen LogP contribution in [-0.2, 0) is 7.05 Å². The van der Waals surface area contributed by atoms with Gasteiger partial charge in [-0.05, 0) is 48.8 Å². The first-order valence-electron chi connectivity index (χ1n) is 9.34. The van der Waals surface area contributed by atoms with E-state index in [2.05, 4.69) is 31.3 Å². The molecule has 0 fully saturated rings. The van der Waals surface area contributed by atoms with E-state index in [1.165, 1.54) is 0 Å². The number of imidazole rings is 1. The van der Waals surface area contributed by atoms with Gasteiger partial charge in [0.25, 0.3) is 5.91 Å². The molecule has 2 N–H and O–H groups in total. The third-order valence-electron chi connectivity index (χ3n) is 4.85. The molecule has 1 aromatic carbocycles. The maximum absolute atomic E-state index is 12.9. The largest absolute Gasteiger partial charge is 0.341 e. The van der Waals surface area contributed by atoms with E-state index in [1.54, 1.807) is 30.2 Å². The van der Waals surface area contributed by atoms with Gasteiger partial charge in [-0.3, -0.25) is 14.9 Å². The van der Waals surface area contributed by atoms with Crippen LogP contribution in [0.4, 0.5) is 0 Å². The van der Waals surface area contributed by atoms with Gasteiger partial charge in [0.05, 0.1) is 22.8 Å². The number of para-hydroxylation sites is 2. The van der Waals surface area contributed by atoms with Crippen LogP contribution in [0.1, 0.15) is 28.8 Å². The second kappa shape index (κ2) is 8.48. The number of carbonyl (C=O) groups excluding carboxylic acids is 1. The molecule has 8 heteroatoms. The van der Waals surface area contributed by atoms with Crippen LogP contribution in [0, 0.1) is 0 Å². The number of H-pyrrole nitrogens is 1. The Kier molecular flexibility index (Phi) is 5.62. The maximum atomic E-state index is 12.9. The van der Waals surface area contributed by atoms with E-state index in [1.807, 2.05) is 43.4 Å². The summed E-state index contributed by atoms with van der Waals surface area (Å²) in [4.78, 5) is 21.7. The molecule has 1 atom stereocenters. The molecule has 0 aliphatic carbocycles. The molecule has 0 unspecified atom stereocenters. The normalized spacial score (nSPS) is 12.2. The topological polar surface area (TPSA) is 88.5 Å². The van der Waals surface area contributed by atoms with E-state index in [0.717, 1.165) is 34.6 Å². The van der Waals surface area contributed by atoms with E-state index in [4.69, 9.17) is 4.98 Å². The van der Waals surface area contributed by atoms with Crippen LogP contribution < -0.4 is 5.32 Å². The van der Waals surface area contributed by atoms with Crippen molar-refractivity contribution in [2.45, 2.75) is 12.5 Å². The SMILES string of the molecule is CSCC[C@H](NC(=O)c1cc(-c2ccncc2)n[nH]1)c1nc2ccccc2n1C. The molecule has 1 amide bonds. The molecule has 4 rings (SSSR count). The van der Waals surface area contributed by atoms with Gasteiger partial charge >= 0.3 is 0 Å². The van der Waals surface area contributed by atoms with Crippen LogP contribution >= 0.6 is 11.8 Å². The number of carbonyl (C=O) groups is 1. The van der Waals surface area contributed by atoms with Crippen LogP contribution in [0.15, 0.2) is 54.9 Å². The first-order chi connectivity index (χ1) is 14.2. The molecule has 3 aromatic heterocycles. The molecule has 0 bridgehead atoms. The first-order valence-corrected chi connectivity index (χ1v) is 10.7. The second-order valence-electron chi connectivity index (χ2n) is 6.73. The lowest BCUT2D eigenvalue weighted by molar-refractivity contribution is 0.0928. The van der Waals surface area contributed by atoms with Crippen LogP contribution in [0.2, 0.25) is 0 Å². The van der Waals surface area contributed by atoms with Crippen LogP contribution in [-0.4, -0.2) is 42.6 Å². The second-order valence-corrected chi connectivity index (χ2v) is 7.71. The van der Waals surface area contributed by atoms with Crippen molar-refractivity contribution in [3.05, 3.63) is 66.4 Å². The van der Waals surface area contributed by atoms with E-state index < -0.39 is 0 Å². The third-order valence-corrected chi connectivity index (χ3v) is 5.49. The number of benzene rings is 1. The minimum atomic E-state index is -0.198. The van der Waals surface area contributed by atoms with Crippen molar-refractivity contribution < 1.29 is 4.79 Å². The number of fused-ring (bicyclic) bond motifs is 1. The van der Waals surface area contributed by atoms with Gasteiger partial charge in [-0.1, -0.05) is 12.1 Å². The minimum absolute atomic E-state index is 0.194. The smallest absolute Gasteiger partial charge is 0.269 e. The lowest BCUT2D eigenvalue weighted by atomic mass is 10.1. The van der Waals surface area contributed by atoms with Crippen LogP contribution in [0.5, 0.6) is 0 Å². The summed E-state index contributed by atoms with van der Waals surface area (Å²) in [5.74, 6) is 1.57. The van der Waals surface area contributed by atoms with Gasteiger partial charge in [0, 0.05) is 25.0 Å². The number of pyridine rings is 1. The standard InChI is InChI=1S/C21H22N6OS/c1-27-19-6-4-3-5-15(19)23-20(27)16(9-12-29-2)24-21(28)18-13-17(25-26-18)14-7-10-22-11-8-14/h3-8,10-11,13,16H,9,12H2,1-2H3,(H,24,28)(H,25,26)/t16-/m0/s1. The molecule has 0 saturated heterocycles. The molecule has 3 heterocycles. The zero-order chi connectivity index (χ0) is 20.2. The molecule has 4 aromatic rings. The average Bonchev–Trinajstić information content (AvgIpc) is 3.37. The summed E-state index contributed by atoms with van der Waals surface area (Å²) in [6, 6.07) is 13.3. The maximum Gasteiger partial charge on any atom is 0.269 e. The molecule has 148 valence electrons. The van der Waals surface area contributed by atoms with Gasteiger partial charge in [-0.15, -0.1) is 0 Å². The lowest BCUT2D eigenvalue weighted by Gasteiger charge is -2.18. The van der Waals surface area contributed by atoms with Crippen molar-refractivity contribution in [3.8, 4) is 11.3 Å². The van der Waals surface area contributed by atoms with Gasteiger partial charge in [-0.25, -0.2) is 4.98 Å². The van der Waals surface area contributed by atoms with Crippen molar-refractivity contribution in [1.82, 2.24) is 30.0 Å². The Hall–Kier alpha value is -3.13. The molecular weight excluding hydrogens is 384 g/mol. The summed E-state index contributed by atoms with van der Waals surface area (Å²) in [6.07, 6.45) is 6.25. The summed E-state index contributed by atoms with van der Waals surface area (Å²) < 4.78 is 2.05. The number of aromatic amines is 1. The Bertz CT molecular complexity index is 1120. The van der Waals surface area contributed by atoms with Gasteiger partial charge in [0.2, 0.25) is 0 Å². The zero-order valence-corrected chi connectivity index (χ0v) is 17.1. The molecule has 0 aliphatic rings. The fourth-order valence-electron chi connectivity index (χ4n) is 3.32. The first kappa shape index (κ1) is 19.2. The summed E-state index contributed by atoms with van der Waals surface area (Å²) >= 11 is 1.75. The molecule has 0 radical (unpaired) electrons. The van der Waals surface area contributed by atoms with E-state index >= 15 is 0 Å². The van der Waals surface area contributed by atoms with E-state index in [-0.39, 0.29) is 11.9 Å². The third kappa shape index (κ3) is 4.02. The Morgan fingerprint density at radius 2 is 2.03 bits per heavy atom. The van der Waals surface area contributed by atoms with Gasteiger partial charge in [0.15, 0.2) is 0 Å².